The van der Waals surface area contributed by atoms with Crippen LogP contribution in [0.4, 0.5) is 0 Å². The molecule has 15 heavy (non-hydrogen) atoms. The Bertz CT molecular complexity index is 363. The lowest BCUT2D eigenvalue weighted by Gasteiger charge is -2.08. The van der Waals surface area contributed by atoms with Crippen LogP contribution in [-0.2, 0) is 4.74 Å². The Morgan fingerprint density at radius 1 is 1.80 bits per heavy atom. The molecule has 2 heterocycles. The van der Waals surface area contributed by atoms with Gasteiger partial charge in [0.1, 0.15) is 5.69 Å². The lowest BCUT2D eigenvalue weighted by molar-refractivity contribution is 0.0575. The first-order valence-corrected chi connectivity index (χ1v) is 4.76. The van der Waals surface area contributed by atoms with Crippen LogP contribution in [0.3, 0.4) is 0 Å². The van der Waals surface area contributed by atoms with Crippen LogP contribution in [0, 0.1) is 0 Å². The normalized spacial score (nSPS) is 25.7. The number of ether oxygens (including phenoxy) is 1. The van der Waals surface area contributed by atoms with Crippen molar-refractivity contribution in [1.82, 2.24) is 9.55 Å². The third kappa shape index (κ3) is 2.00. The van der Waals surface area contributed by atoms with Gasteiger partial charge in [-0.05, 0) is 6.42 Å². The van der Waals surface area contributed by atoms with E-state index in [2.05, 4.69) is 4.98 Å². The maximum absolute atomic E-state index is 10.8. The van der Waals surface area contributed by atoms with E-state index in [1.54, 1.807) is 17.1 Å². The van der Waals surface area contributed by atoms with E-state index < -0.39 is 5.91 Å². The first-order valence-electron chi connectivity index (χ1n) is 4.76. The number of amides is 1. The molecule has 1 aliphatic heterocycles. The molecule has 6 heteroatoms. The summed E-state index contributed by atoms with van der Waals surface area (Å²) >= 11 is 0. The van der Waals surface area contributed by atoms with Crippen molar-refractivity contribution in [2.75, 3.05) is 13.2 Å². The molecule has 0 bridgehead atoms. The number of primary amides is 1. The minimum absolute atomic E-state index is 0.0217. The summed E-state index contributed by atoms with van der Waals surface area (Å²) in [6.45, 7) is 0.549. The van der Waals surface area contributed by atoms with Gasteiger partial charge in [0.15, 0.2) is 0 Å². The van der Waals surface area contributed by atoms with Gasteiger partial charge in [-0.2, -0.15) is 0 Å². The van der Waals surface area contributed by atoms with E-state index >= 15 is 0 Å². The van der Waals surface area contributed by atoms with Crippen LogP contribution >= 0.6 is 0 Å². The molecule has 3 N–H and O–H groups in total. The zero-order chi connectivity index (χ0) is 10.8. The van der Waals surface area contributed by atoms with Crippen LogP contribution in [-0.4, -0.2) is 39.9 Å². The molecule has 0 saturated carbocycles. The fourth-order valence-corrected chi connectivity index (χ4v) is 1.69. The van der Waals surface area contributed by atoms with Crippen LogP contribution in [0.5, 0.6) is 0 Å². The minimum Gasteiger partial charge on any atom is -0.394 e. The zero-order valence-electron chi connectivity index (χ0n) is 8.17. The highest BCUT2D eigenvalue weighted by Gasteiger charge is 2.26. The summed E-state index contributed by atoms with van der Waals surface area (Å²) in [5.41, 5.74) is 5.35. The van der Waals surface area contributed by atoms with E-state index in [9.17, 15) is 4.79 Å². The maximum atomic E-state index is 10.8. The third-order valence-corrected chi connectivity index (χ3v) is 2.54. The summed E-state index contributed by atoms with van der Waals surface area (Å²) in [6, 6.07) is 0.128. The van der Waals surface area contributed by atoms with Crippen LogP contribution in [0.15, 0.2) is 12.5 Å². The number of imidazole rings is 1. The molecular formula is C9H13N3O3. The zero-order valence-corrected chi connectivity index (χ0v) is 8.17. The monoisotopic (exact) mass is 211 g/mol. The number of hydrogen-bond donors (Lipinski definition) is 2. The Kier molecular flexibility index (Phi) is 2.70. The summed E-state index contributed by atoms with van der Waals surface area (Å²) in [4.78, 5) is 14.7. The second-order valence-electron chi connectivity index (χ2n) is 3.60. The van der Waals surface area contributed by atoms with Gasteiger partial charge in [0.25, 0.3) is 5.91 Å². The van der Waals surface area contributed by atoms with Gasteiger partial charge in [-0.15, -0.1) is 0 Å². The van der Waals surface area contributed by atoms with Crippen molar-refractivity contribution in [3.8, 4) is 0 Å². The quantitative estimate of drug-likeness (QED) is 0.692. The van der Waals surface area contributed by atoms with E-state index in [0.29, 0.717) is 6.61 Å². The lowest BCUT2D eigenvalue weighted by atomic mass is 10.2. The Balaban J connectivity index is 2.07. The van der Waals surface area contributed by atoms with Gasteiger partial charge in [-0.3, -0.25) is 4.79 Å². The van der Waals surface area contributed by atoms with Gasteiger partial charge >= 0.3 is 0 Å². The van der Waals surface area contributed by atoms with Crippen molar-refractivity contribution in [3.05, 3.63) is 18.2 Å². The van der Waals surface area contributed by atoms with Gasteiger partial charge in [-0.1, -0.05) is 0 Å². The Labute approximate surface area is 86.7 Å². The number of nitrogens with zero attached hydrogens (tertiary/aromatic N) is 2. The van der Waals surface area contributed by atoms with Gasteiger partial charge in [0.05, 0.1) is 31.7 Å². The van der Waals surface area contributed by atoms with Crippen molar-refractivity contribution in [1.29, 1.82) is 0 Å². The first kappa shape index (κ1) is 10.1. The van der Waals surface area contributed by atoms with Crippen LogP contribution in [0.2, 0.25) is 0 Å². The van der Waals surface area contributed by atoms with Crippen molar-refractivity contribution in [3.63, 3.8) is 0 Å². The van der Waals surface area contributed by atoms with E-state index in [1.807, 2.05) is 0 Å². The largest absolute Gasteiger partial charge is 0.394 e. The molecule has 0 radical (unpaired) electrons. The molecule has 82 valence electrons. The SMILES string of the molecule is NC(=O)c1cn([C@H]2CO[C@@H](CO)C2)cn1. The molecular weight excluding hydrogens is 198 g/mol. The molecule has 1 aromatic heterocycles. The molecule has 1 aromatic rings. The molecule has 1 saturated heterocycles. The number of aromatic nitrogens is 2. The Morgan fingerprint density at radius 2 is 2.60 bits per heavy atom. The third-order valence-electron chi connectivity index (χ3n) is 2.54. The number of rotatable bonds is 3. The number of aliphatic hydroxyl groups excluding tert-OH is 1. The Morgan fingerprint density at radius 3 is 3.13 bits per heavy atom. The molecule has 0 unspecified atom stereocenters. The van der Waals surface area contributed by atoms with Crippen LogP contribution < -0.4 is 5.73 Å². The van der Waals surface area contributed by atoms with Crippen molar-refractivity contribution < 1.29 is 14.6 Å². The van der Waals surface area contributed by atoms with E-state index in [4.69, 9.17) is 15.6 Å². The molecule has 0 aliphatic carbocycles. The average Bonchev–Trinajstić information content (AvgIpc) is 2.86. The number of carbonyl (C=O) groups excluding carboxylic acids is 1. The average molecular weight is 211 g/mol. The second-order valence-corrected chi connectivity index (χ2v) is 3.60. The predicted molar refractivity (Wildman–Crippen MR) is 51.2 cm³/mol. The van der Waals surface area contributed by atoms with E-state index in [1.165, 1.54) is 0 Å². The number of nitrogens with two attached hydrogens (primary N) is 1. The van der Waals surface area contributed by atoms with Crippen LogP contribution in [0.1, 0.15) is 23.0 Å². The smallest absolute Gasteiger partial charge is 0.268 e. The molecule has 1 amide bonds. The van der Waals surface area contributed by atoms with Gasteiger partial charge in [-0.25, -0.2) is 4.98 Å². The molecule has 6 nitrogen and oxygen atoms in total. The highest BCUT2D eigenvalue weighted by molar-refractivity contribution is 5.90. The lowest BCUT2D eigenvalue weighted by Crippen LogP contribution is -2.12. The molecule has 2 rings (SSSR count). The molecule has 0 spiro atoms. The highest BCUT2D eigenvalue weighted by Crippen LogP contribution is 2.23. The summed E-state index contributed by atoms with van der Waals surface area (Å²) in [5.74, 6) is -0.536. The standard InChI is InChI=1S/C9H13N3O3/c10-9(14)8-2-12(5-11-8)6-1-7(3-13)15-4-6/h2,5-7,13H,1,3-4H2,(H2,10,14)/t6-,7-/m1/s1. The molecule has 1 fully saturated rings. The number of aliphatic hydroxyl groups is 1. The summed E-state index contributed by atoms with van der Waals surface area (Å²) in [6.07, 6.45) is 3.78. The molecule has 1 aliphatic rings. The summed E-state index contributed by atoms with van der Waals surface area (Å²) in [5, 5.41) is 8.90. The number of hydrogen-bond acceptors (Lipinski definition) is 4. The molecule has 0 aromatic carbocycles. The first-order chi connectivity index (χ1) is 7.20. The second kappa shape index (κ2) is 4.00. The van der Waals surface area contributed by atoms with Gasteiger partial charge in [0, 0.05) is 6.20 Å². The van der Waals surface area contributed by atoms with E-state index in [0.717, 1.165) is 6.42 Å². The van der Waals surface area contributed by atoms with Gasteiger partial charge < -0.3 is 20.1 Å². The fraction of sp³-hybridized carbons (Fsp3) is 0.556. The van der Waals surface area contributed by atoms with Crippen molar-refractivity contribution >= 4 is 5.91 Å². The van der Waals surface area contributed by atoms with E-state index in [-0.39, 0.29) is 24.4 Å². The minimum atomic E-state index is -0.536. The van der Waals surface area contributed by atoms with Gasteiger partial charge in [0.2, 0.25) is 0 Å². The molecule has 2 atom stereocenters. The van der Waals surface area contributed by atoms with Crippen molar-refractivity contribution in [2.24, 2.45) is 5.73 Å². The number of carbonyl (C=O) groups is 1. The summed E-state index contributed by atoms with van der Waals surface area (Å²) < 4.78 is 7.13. The predicted octanol–water partition coefficient (Wildman–Crippen LogP) is -0.696. The summed E-state index contributed by atoms with van der Waals surface area (Å²) in [7, 11) is 0. The van der Waals surface area contributed by atoms with Crippen molar-refractivity contribution in [2.45, 2.75) is 18.6 Å². The highest BCUT2D eigenvalue weighted by atomic mass is 16.5. The van der Waals surface area contributed by atoms with Crippen LogP contribution in [0.25, 0.3) is 0 Å². The Hall–Kier alpha value is -1.40. The fourth-order valence-electron chi connectivity index (χ4n) is 1.69. The maximum Gasteiger partial charge on any atom is 0.268 e. The topological polar surface area (TPSA) is 90.4 Å².